The van der Waals surface area contributed by atoms with Gasteiger partial charge in [0.25, 0.3) is 17.7 Å². The third kappa shape index (κ3) is 12.8. The maximum Gasteiger partial charge on any atom is 0.265 e. The predicted octanol–water partition coefficient (Wildman–Crippen LogP) is 6.69. The van der Waals surface area contributed by atoms with E-state index in [4.69, 9.17) is 4.74 Å². The molecule has 5 fully saturated rings. The molecule has 0 aromatic heterocycles. The number of likely N-dealkylation sites (tertiary alicyclic amines) is 3. The third-order valence-electron chi connectivity index (χ3n) is 16.8. The van der Waals surface area contributed by atoms with E-state index in [-0.39, 0.29) is 65.3 Å². The fourth-order valence-corrected chi connectivity index (χ4v) is 12.2. The summed E-state index contributed by atoms with van der Waals surface area (Å²) in [6.45, 7) is 10.8. The lowest BCUT2D eigenvalue weighted by molar-refractivity contribution is -0.150. The van der Waals surface area contributed by atoms with Crippen LogP contribution in [0.1, 0.15) is 150 Å². The van der Waals surface area contributed by atoms with E-state index in [0.717, 1.165) is 62.5 Å². The number of hydrazine groups is 1. The molecule has 3 aromatic carbocycles. The minimum Gasteiger partial charge on any atom is -0.372 e. The Morgan fingerprint density at radius 1 is 0.773 bits per heavy atom. The molecule has 75 heavy (non-hydrogen) atoms. The molecule has 17 heteroatoms. The van der Waals surface area contributed by atoms with Crippen LogP contribution < -0.4 is 16.2 Å². The fourth-order valence-electron chi connectivity index (χ4n) is 12.2. The summed E-state index contributed by atoms with van der Waals surface area (Å²) in [5.74, 6) is -2.80. The molecule has 3 unspecified atom stereocenters. The molecule has 6 amide bonds. The van der Waals surface area contributed by atoms with Gasteiger partial charge >= 0.3 is 0 Å². The number of nitrogens with one attached hydrogen (secondary N) is 3. The monoisotopic (exact) mass is 1030 g/mol. The van der Waals surface area contributed by atoms with Crippen LogP contribution in [0.4, 0.5) is 8.78 Å². The first-order valence-corrected chi connectivity index (χ1v) is 27.4. The number of hydrogen-bond acceptors (Lipinski definition) is 9. The fraction of sp³-hybridized carbons (Fsp3) is 0.552. The molecule has 9 rings (SSSR count). The highest BCUT2D eigenvalue weighted by atomic mass is 19.1. The minimum atomic E-state index is -0.770. The van der Waals surface area contributed by atoms with Crippen molar-refractivity contribution in [2.75, 3.05) is 72.0 Å². The number of rotatable bonds is 15. The maximum absolute atomic E-state index is 16.4. The number of allylic oxidation sites excluding steroid dienone is 1. The Morgan fingerprint density at radius 2 is 1.49 bits per heavy atom. The molecule has 5 aliphatic heterocycles. The van der Waals surface area contributed by atoms with Crippen LogP contribution in [0.25, 0.3) is 0 Å². The number of fused-ring (bicyclic) bond motifs is 1. The lowest BCUT2D eigenvalue weighted by Gasteiger charge is -2.44. The van der Waals surface area contributed by atoms with Crippen molar-refractivity contribution in [1.29, 1.82) is 0 Å². The summed E-state index contributed by atoms with van der Waals surface area (Å²) < 4.78 is 38.3. The first kappa shape index (κ1) is 53.8. The first-order valence-electron chi connectivity index (χ1n) is 27.4. The molecular formula is C58H74F2N8O7. The van der Waals surface area contributed by atoms with E-state index in [0.29, 0.717) is 115 Å². The highest BCUT2D eigenvalue weighted by Gasteiger charge is 2.41. The zero-order valence-electron chi connectivity index (χ0n) is 43.5. The molecule has 0 radical (unpaired) electrons. The van der Waals surface area contributed by atoms with Gasteiger partial charge in [-0.2, -0.15) is 0 Å². The Bertz CT molecular complexity index is 2580. The van der Waals surface area contributed by atoms with Crippen LogP contribution >= 0.6 is 0 Å². The minimum absolute atomic E-state index is 0.00188. The van der Waals surface area contributed by atoms with Crippen molar-refractivity contribution in [2.24, 2.45) is 5.92 Å². The summed E-state index contributed by atoms with van der Waals surface area (Å²) in [6.07, 6.45) is 12.0. The second-order valence-electron chi connectivity index (χ2n) is 21.9. The highest BCUT2D eigenvalue weighted by Crippen LogP contribution is 2.35. The quantitative estimate of drug-likeness (QED) is 0.141. The van der Waals surface area contributed by atoms with Gasteiger partial charge in [-0.15, -0.1) is 6.58 Å². The van der Waals surface area contributed by atoms with Crippen molar-refractivity contribution < 1.29 is 42.3 Å². The lowest BCUT2D eigenvalue weighted by Crippen LogP contribution is -2.56. The van der Waals surface area contributed by atoms with Gasteiger partial charge in [-0.3, -0.25) is 39.1 Å². The van der Waals surface area contributed by atoms with Gasteiger partial charge in [0.15, 0.2) is 0 Å². The molecule has 15 nitrogen and oxygen atoms in total. The summed E-state index contributed by atoms with van der Waals surface area (Å²) in [5, 5.41) is 3.03. The number of carbonyl (C=O) groups excluding carboxylic acids is 6. The molecule has 1 saturated carbocycles. The van der Waals surface area contributed by atoms with E-state index in [1.165, 1.54) is 12.1 Å². The lowest BCUT2D eigenvalue weighted by atomic mass is 9.82. The summed E-state index contributed by atoms with van der Waals surface area (Å²) in [6, 6.07) is 15.7. The number of ether oxygens (including phenoxy) is 1. The molecule has 3 aromatic rings. The van der Waals surface area contributed by atoms with Crippen molar-refractivity contribution in [2.45, 2.75) is 127 Å². The van der Waals surface area contributed by atoms with Crippen molar-refractivity contribution in [1.82, 2.24) is 40.7 Å². The second-order valence-corrected chi connectivity index (χ2v) is 21.9. The van der Waals surface area contributed by atoms with Crippen LogP contribution in [-0.4, -0.2) is 150 Å². The number of piperidine rings is 3. The SMILES string of the molecule is C=CCCC(=O)N1CCCC(c2cccc(C(=O)NC(C(=O)N3CCC(C)(OC4CCN(CC(=O)N5CCN(C(=O)c6cc(CC7NNC(=O)c8ccccc87)ccc6F)CC5)CC4)CC3)C3CCCCC3)c2F)C1. The molecule has 5 heterocycles. The average molecular weight is 1030 g/mol. The first-order chi connectivity index (χ1) is 36.3. The van der Waals surface area contributed by atoms with E-state index < -0.39 is 35.1 Å². The number of amides is 6. The average Bonchev–Trinajstić information content (AvgIpc) is 3.43. The molecule has 402 valence electrons. The molecule has 0 bridgehead atoms. The number of carbonyl (C=O) groups is 6. The summed E-state index contributed by atoms with van der Waals surface area (Å²) in [4.78, 5) is 90.0. The molecular weight excluding hydrogens is 959 g/mol. The summed E-state index contributed by atoms with van der Waals surface area (Å²) in [5.41, 5.74) is 7.76. The van der Waals surface area contributed by atoms with Gasteiger partial charge in [0.2, 0.25) is 17.7 Å². The summed E-state index contributed by atoms with van der Waals surface area (Å²) in [7, 11) is 0. The molecule has 3 N–H and O–H groups in total. The van der Waals surface area contributed by atoms with Crippen molar-refractivity contribution in [3.8, 4) is 0 Å². The smallest absolute Gasteiger partial charge is 0.265 e. The maximum atomic E-state index is 16.4. The number of piperazine rings is 1. The van der Waals surface area contributed by atoms with E-state index >= 15 is 8.78 Å². The Morgan fingerprint density at radius 3 is 2.24 bits per heavy atom. The third-order valence-corrected chi connectivity index (χ3v) is 16.8. The van der Waals surface area contributed by atoms with Crippen LogP contribution in [0.3, 0.4) is 0 Å². The van der Waals surface area contributed by atoms with Crippen LogP contribution in [0, 0.1) is 17.6 Å². The number of nitrogens with zero attached hydrogens (tertiary/aromatic N) is 5. The van der Waals surface area contributed by atoms with E-state index in [1.54, 1.807) is 57.2 Å². The van der Waals surface area contributed by atoms with Gasteiger partial charge < -0.3 is 29.7 Å². The normalized spacial score (nSPS) is 22.2. The van der Waals surface area contributed by atoms with E-state index in [9.17, 15) is 28.8 Å². The van der Waals surface area contributed by atoms with Gasteiger partial charge in [-0.25, -0.2) is 14.2 Å². The Labute approximate surface area is 439 Å². The Balaban J connectivity index is 0.721. The topological polar surface area (TPSA) is 164 Å². The van der Waals surface area contributed by atoms with E-state index in [2.05, 4.69) is 34.6 Å². The Kier molecular flexibility index (Phi) is 17.4. The molecule has 3 atom stereocenters. The largest absolute Gasteiger partial charge is 0.372 e. The molecule has 6 aliphatic rings. The highest BCUT2D eigenvalue weighted by molar-refractivity contribution is 5.98. The number of benzene rings is 3. The second kappa shape index (κ2) is 24.3. The van der Waals surface area contributed by atoms with Crippen LogP contribution in [0.2, 0.25) is 0 Å². The van der Waals surface area contributed by atoms with Gasteiger partial charge in [-0.1, -0.05) is 61.7 Å². The number of hydrogen-bond donors (Lipinski definition) is 3. The van der Waals surface area contributed by atoms with Gasteiger partial charge in [0.05, 0.1) is 35.4 Å². The van der Waals surface area contributed by atoms with E-state index in [1.807, 2.05) is 17.0 Å². The zero-order chi connectivity index (χ0) is 52.6. The van der Waals surface area contributed by atoms with Crippen LogP contribution in [0.15, 0.2) is 73.3 Å². The van der Waals surface area contributed by atoms with Gasteiger partial charge in [-0.05, 0) is 118 Å². The van der Waals surface area contributed by atoms with Crippen molar-refractivity contribution in [3.63, 3.8) is 0 Å². The number of halogens is 2. The van der Waals surface area contributed by atoms with Gasteiger partial charge in [0, 0.05) is 83.3 Å². The Hall–Kier alpha value is -6.04. The molecule has 1 aliphatic carbocycles. The molecule has 4 saturated heterocycles. The van der Waals surface area contributed by atoms with Crippen LogP contribution in [0.5, 0.6) is 0 Å². The van der Waals surface area contributed by atoms with Crippen molar-refractivity contribution in [3.05, 3.63) is 118 Å². The van der Waals surface area contributed by atoms with Crippen molar-refractivity contribution >= 4 is 35.4 Å². The zero-order valence-corrected chi connectivity index (χ0v) is 43.5. The standard InChI is InChI=1S/C58H74F2N8O7/c1-3-4-19-50(69)68-26-11-14-41(37-68)43-17-10-18-46(52(43)60)54(71)61-53(40-12-6-5-7-13-40)57(74)66-29-24-58(2,25-30-66)75-42-22-27-64(28-23-42)38-51(70)65-31-33-67(34-32-65)56(73)47-35-39(20-21-48(47)59)36-49-44-15-8-9-16-45(44)55(72)63-62-49/h3,8-10,15-18,20-21,35,40-42,49,53,62H,1,4-7,11-14,19,22-34,36-38H2,2H3,(H,61,71)(H,63,72). The summed E-state index contributed by atoms with van der Waals surface area (Å²) >= 11 is 0. The predicted molar refractivity (Wildman–Crippen MR) is 279 cm³/mol. The van der Waals surface area contributed by atoms with Gasteiger partial charge in [0.1, 0.15) is 17.7 Å². The van der Waals surface area contributed by atoms with Crippen LogP contribution in [-0.2, 0) is 25.5 Å². The molecule has 0 spiro atoms.